The molecule has 2 aromatic rings. The minimum atomic E-state index is -0.697. The van der Waals surface area contributed by atoms with E-state index in [-0.39, 0.29) is 18.4 Å². The van der Waals surface area contributed by atoms with Crippen molar-refractivity contribution in [3.63, 3.8) is 0 Å². The highest BCUT2D eigenvalue weighted by Crippen LogP contribution is 2.39. The lowest BCUT2D eigenvalue weighted by atomic mass is 10.1. The Kier molecular flexibility index (Phi) is 6.06. The van der Waals surface area contributed by atoms with Gasteiger partial charge in [0.1, 0.15) is 22.3 Å². The monoisotopic (exact) mass is 454 g/mol. The van der Waals surface area contributed by atoms with Gasteiger partial charge >= 0.3 is 6.03 Å². The third kappa shape index (κ3) is 4.20. The molecule has 160 valence electrons. The minimum Gasteiger partial charge on any atom is -0.324 e. The molecule has 1 fully saturated rings. The van der Waals surface area contributed by atoms with E-state index in [1.54, 1.807) is 24.3 Å². The molecule has 2 heterocycles. The summed E-state index contributed by atoms with van der Waals surface area (Å²) < 4.78 is 0.728. The smallest absolute Gasteiger partial charge is 0.324 e. The van der Waals surface area contributed by atoms with Crippen molar-refractivity contribution in [2.45, 2.75) is 25.3 Å². The second-order valence-corrected chi connectivity index (χ2v) is 9.52. The number of nitrogens with one attached hydrogen (secondary N) is 1. The average Bonchev–Trinajstić information content (AvgIpc) is 3.19. The molecule has 0 aliphatic carbocycles. The highest BCUT2D eigenvalue weighted by atomic mass is 32.2. The summed E-state index contributed by atoms with van der Waals surface area (Å²) >= 11 is 2.77. The molecule has 0 radical (unpaired) electrons. The molecule has 2 aliphatic heterocycles. The number of hydrogen-bond donors (Lipinski definition) is 1. The Hall–Kier alpha value is -2.78. The number of thioether (sulfide) groups is 2. The third-order valence-electron chi connectivity index (χ3n) is 5.13. The van der Waals surface area contributed by atoms with Crippen LogP contribution < -0.4 is 10.2 Å². The van der Waals surface area contributed by atoms with E-state index in [4.69, 9.17) is 0 Å². The van der Waals surface area contributed by atoms with E-state index in [1.807, 2.05) is 44.4 Å². The number of carbonyl (C=O) groups excluding carboxylic acids is 3. The van der Waals surface area contributed by atoms with E-state index >= 15 is 0 Å². The number of rotatable bonds is 4. The van der Waals surface area contributed by atoms with Gasteiger partial charge < -0.3 is 5.32 Å². The van der Waals surface area contributed by atoms with E-state index < -0.39 is 17.4 Å². The van der Waals surface area contributed by atoms with Crippen molar-refractivity contribution in [1.82, 2.24) is 4.90 Å². The molecule has 2 aliphatic rings. The minimum absolute atomic E-state index is 0.199. The summed E-state index contributed by atoms with van der Waals surface area (Å²) in [5.41, 5.74) is 3.14. The maximum atomic E-state index is 13.3. The summed E-state index contributed by atoms with van der Waals surface area (Å²) in [6.45, 7) is 3.66. The molecule has 4 amide bonds. The molecule has 2 unspecified atom stereocenters. The summed E-state index contributed by atoms with van der Waals surface area (Å²) in [7, 11) is 0. The quantitative estimate of drug-likeness (QED) is 0.758. The lowest BCUT2D eigenvalue weighted by Crippen LogP contribution is -2.63. The maximum Gasteiger partial charge on any atom is 0.333 e. The number of anilines is 2. The number of fused-ring (bicyclic) bond motifs is 1. The molecule has 9 heteroatoms. The molecule has 2 atom stereocenters. The summed E-state index contributed by atoms with van der Waals surface area (Å²) in [6.07, 6.45) is 1.18. The van der Waals surface area contributed by atoms with E-state index in [0.29, 0.717) is 11.4 Å². The number of benzene rings is 2. The molecular weight excluding hydrogens is 432 g/mol. The highest BCUT2D eigenvalue weighted by molar-refractivity contribution is 8.39. The van der Waals surface area contributed by atoms with E-state index in [2.05, 4.69) is 10.3 Å². The van der Waals surface area contributed by atoms with Gasteiger partial charge in [-0.1, -0.05) is 42.1 Å². The fourth-order valence-electron chi connectivity index (χ4n) is 3.54. The molecule has 7 nitrogen and oxygen atoms in total. The van der Waals surface area contributed by atoms with Crippen LogP contribution in [0, 0.1) is 13.8 Å². The van der Waals surface area contributed by atoms with Crippen LogP contribution >= 0.6 is 23.5 Å². The summed E-state index contributed by atoms with van der Waals surface area (Å²) in [6, 6.07) is 14.0. The molecule has 0 saturated carbocycles. The summed E-state index contributed by atoms with van der Waals surface area (Å²) in [4.78, 5) is 46.5. The molecule has 2 aromatic carbocycles. The first-order valence-electron chi connectivity index (χ1n) is 9.74. The molecule has 4 rings (SSSR count). The van der Waals surface area contributed by atoms with Gasteiger partial charge in [-0.25, -0.2) is 14.7 Å². The first-order valence-corrected chi connectivity index (χ1v) is 11.8. The van der Waals surface area contributed by atoms with Gasteiger partial charge in [-0.15, -0.1) is 11.8 Å². The Morgan fingerprint density at radius 3 is 2.61 bits per heavy atom. The lowest BCUT2D eigenvalue weighted by Gasteiger charge is -2.39. The van der Waals surface area contributed by atoms with Crippen LogP contribution in [0.1, 0.15) is 11.1 Å². The predicted molar refractivity (Wildman–Crippen MR) is 127 cm³/mol. The zero-order valence-electron chi connectivity index (χ0n) is 17.4. The second-order valence-electron chi connectivity index (χ2n) is 7.34. The van der Waals surface area contributed by atoms with Crippen molar-refractivity contribution >= 4 is 57.1 Å². The Morgan fingerprint density at radius 2 is 1.90 bits per heavy atom. The molecule has 0 bridgehead atoms. The topological polar surface area (TPSA) is 82.1 Å². The molecule has 1 N–H and O–H groups in total. The number of amides is 4. The number of aliphatic imine (C=N–C) groups is 1. The lowest BCUT2D eigenvalue weighted by molar-refractivity contribution is -0.122. The molecular formula is C22H22N4O3S2. The van der Waals surface area contributed by atoms with Crippen LogP contribution in [0.15, 0.2) is 53.5 Å². The van der Waals surface area contributed by atoms with E-state index in [9.17, 15) is 14.4 Å². The van der Waals surface area contributed by atoms with Gasteiger partial charge in [0.25, 0.3) is 5.91 Å². The fourth-order valence-corrected chi connectivity index (χ4v) is 5.37. The van der Waals surface area contributed by atoms with Gasteiger partial charge in [-0.05, 0) is 49.4 Å². The van der Waals surface area contributed by atoms with Gasteiger partial charge in [0.05, 0.1) is 5.69 Å². The number of hydrogen-bond acceptors (Lipinski definition) is 6. The SMILES string of the molecule is CSC1=NC2C(S1)C(=O)N(c1ccccc1)C(=O)N2CC(=O)Nc1cc(C)ccc1C. The number of imide groups is 1. The van der Waals surface area contributed by atoms with E-state index in [0.717, 1.165) is 20.4 Å². The van der Waals surface area contributed by atoms with Crippen molar-refractivity contribution in [3.05, 3.63) is 59.7 Å². The Labute approximate surface area is 189 Å². The van der Waals surface area contributed by atoms with Crippen LogP contribution in [0.3, 0.4) is 0 Å². The largest absolute Gasteiger partial charge is 0.333 e. The number of aryl methyl sites for hydroxylation is 2. The van der Waals surface area contributed by atoms with Crippen molar-refractivity contribution in [2.24, 2.45) is 4.99 Å². The summed E-state index contributed by atoms with van der Waals surface area (Å²) in [5, 5.41) is 2.32. The Bertz CT molecular complexity index is 1070. The van der Waals surface area contributed by atoms with Gasteiger partial charge in [-0.3, -0.25) is 14.5 Å². The van der Waals surface area contributed by atoms with Crippen LogP contribution in [0.25, 0.3) is 0 Å². The predicted octanol–water partition coefficient (Wildman–Crippen LogP) is 3.87. The Balaban J connectivity index is 1.62. The van der Waals surface area contributed by atoms with Crippen molar-refractivity contribution in [3.8, 4) is 0 Å². The highest BCUT2D eigenvalue weighted by Gasteiger charge is 2.51. The van der Waals surface area contributed by atoms with Crippen LogP contribution in [0.5, 0.6) is 0 Å². The van der Waals surface area contributed by atoms with Gasteiger partial charge in [0, 0.05) is 5.69 Å². The molecule has 0 spiro atoms. The van der Waals surface area contributed by atoms with Crippen LogP contribution in [0.2, 0.25) is 0 Å². The van der Waals surface area contributed by atoms with Gasteiger partial charge in [0.2, 0.25) is 5.91 Å². The third-order valence-corrected chi connectivity index (χ3v) is 7.38. The van der Waals surface area contributed by atoms with Crippen LogP contribution in [-0.4, -0.2) is 51.3 Å². The number of nitrogens with zero attached hydrogens (tertiary/aromatic N) is 3. The second kappa shape index (κ2) is 8.76. The van der Waals surface area contributed by atoms with Crippen LogP contribution in [-0.2, 0) is 9.59 Å². The first-order chi connectivity index (χ1) is 14.9. The number of urea groups is 1. The average molecular weight is 455 g/mol. The van der Waals surface area contributed by atoms with Gasteiger partial charge in [-0.2, -0.15) is 0 Å². The van der Waals surface area contributed by atoms with Gasteiger partial charge in [0.15, 0.2) is 0 Å². The normalized spacial score (nSPS) is 20.5. The maximum absolute atomic E-state index is 13.3. The van der Waals surface area contributed by atoms with Crippen molar-refractivity contribution in [1.29, 1.82) is 0 Å². The zero-order chi connectivity index (χ0) is 22.1. The number of para-hydroxylation sites is 1. The Morgan fingerprint density at radius 1 is 1.16 bits per heavy atom. The van der Waals surface area contributed by atoms with E-state index in [1.165, 1.54) is 28.4 Å². The standard InChI is InChI=1S/C22H22N4O3S2/c1-13-9-10-14(2)16(11-13)23-17(27)12-25-19-18(31-21(24-19)30-3)20(28)26(22(25)29)15-7-5-4-6-8-15/h4-11,18-19H,12H2,1-3H3,(H,23,27). The van der Waals surface area contributed by atoms with Crippen LogP contribution in [0.4, 0.5) is 16.2 Å². The first kappa shape index (κ1) is 21.5. The van der Waals surface area contributed by atoms with Crippen molar-refractivity contribution < 1.29 is 14.4 Å². The molecule has 31 heavy (non-hydrogen) atoms. The van der Waals surface area contributed by atoms with Crippen molar-refractivity contribution in [2.75, 3.05) is 23.0 Å². The number of carbonyl (C=O) groups is 3. The fraction of sp³-hybridized carbons (Fsp3) is 0.273. The molecule has 1 saturated heterocycles. The zero-order valence-corrected chi connectivity index (χ0v) is 19.0. The summed E-state index contributed by atoms with van der Waals surface area (Å²) in [5.74, 6) is -0.647. The molecule has 0 aromatic heterocycles.